The SMILES string of the molecule is C[C@H]1O[C@@H](O[C@@H]2CC[C@@]3(C)[C@H](CC[C@]4(C)[C@@H]3CC=C3[C@H]5CC(C)(C)CC[C@]5(C(=O)O)CC[C@]34C)C2(C)C)[C@H](O[C@@H]2O[C@H](CO)[C@H](O)[C@H](O)[C@H]2O)[C@@H](O)[C@H]1O. The van der Waals surface area contributed by atoms with Crippen molar-refractivity contribution in [3.63, 3.8) is 0 Å². The van der Waals surface area contributed by atoms with Crippen LogP contribution in [0.15, 0.2) is 11.6 Å². The normalized spacial score (nSPS) is 53.9. The first kappa shape index (κ1) is 41.0. The second-order valence-corrected chi connectivity index (χ2v) is 20.7. The highest BCUT2D eigenvalue weighted by Gasteiger charge is 2.69. The molecule has 6 fully saturated rings. The molecule has 0 unspecified atom stereocenters. The molecule has 2 heterocycles. The van der Waals surface area contributed by atoms with Gasteiger partial charge in [0, 0.05) is 0 Å². The van der Waals surface area contributed by atoms with Crippen LogP contribution < -0.4 is 0 Å². The minimum atomic E-state index is -1.70. The van der Waals surface area contributed by atoms with Crippen LogP contribution >= 0.6 is 0 Å². The van der Waals surface area contributed by atoms with Gasteiger partial charge in [0.05, 0.1) is 24.2 Å². The Kier molecular flexibility index (Phi) is 10.4. The predicted molar refractivity (Wildman–Crippen MR) is 197 cm³/mol. The maximum absolute atomic E-state index is 13.1. The quantitative estimate of drug-likeness (QED) is 0.153. The van der Waals surface area contributed by atoms with E-state index in [0.717, 1.165) is 64.2 Å². The van der Waals surface area contributed by atoms with Crippen molar-refractivity contribution in [3.8, 4) is 0 Å². The Morgan fingerprint density at radius 3 is 2.13 bits per heavy atom. The smallest absolute Gasteiger partial charge is 0.310 e. The molecule has 7 rings (SSSR count). The standard InChI is InChI=1S/C42H68O12/c1-21-28(44)31(47)33(54-34-32(48)30(46)29(45)24(20-43)52-34)35(51-21)53-27-12-13-39(6)25(38(27,4)5)11-14-41(8)26(39)10-9-22-23-19-37(2,3)15-17-42(23,36(49)50)18-16-40(22,41)7/h9,21,23-35,43-48H,10-20H2,1-8H3,(H,49,50)/t21-,23-,24-,25-,26-,27-,28+,29+,30+,31+,32-,33-,34+,35+,39+,40-,41-,42+/m1/s1. The van der Waals surface area contributed by atoms with Crippen molar-refractivity contribution in [2.24, 2.45) is 50.2 Å². The number of carbonyl (C=O) groups is 1. The molecule has 12 nitrogen and oxygen atoms in total. The van der Waals surface area contributed by atoms with Gasteiger partial charge in [-0.2, -0.15) is 0 Å². The summed E-state index contributed by atoms with van der Waals surface area (Å²) in [6.07, 6.45) is -2.74. The minimum Gasteiger partial charge on any atom is -0.481 e. The summed E-state index contributed by atoms with van der Waals surface area (Å²) in [5, 5.41) is 74.0. The van der Waals surface area contributed by atoms with Crippen molar-refractivity contribution < 1.29 is 59.5 Å². The van der Waals surface area contributed by atoms with Crippen LogP contribution in [0.4, 0.5) is 0 Å². The van der Waals surface area contributed by atoms with Gasteiger partial charge in [0.15, 0.2) is 12.6 Å². The molecular formula is C42H68O12. The monoisotopic (exact) mass is 764 g/mol. The van der Waals surface area contributed by atoms with Crippen molar-refractivity contribution in [2.75, 3.05) is 6.61 Å². The summed E-state index contributed by atoms with van der Waals surface area (Å²) in [5.41, 5.74) is 0.419. The molecule has 0 amide bonds. The molecule has 308 valence electrons. The summed E-state index contributed by atoms with van der Waals surface area (Å²) in [5.74, 6) is 0.133. The van der Waals surface area contributed by atoms with E-state index in [4.69, 9.17) is 18.9 Å². The van der Waals surface area contributed by atoms with Crippen LogP contribution in [0.5, 0.6) is 0 Å². The lowest BCUT2D eigenvalue weighted by atomic mass is 9.33. The zero-order valence-corrected chi connectivity index (χ0v) is 33.6. The van der Waals surface area contributed by atoms with E-state index in [9.17, 15) is 40.5 Å². The third-order valence-corrected chi connectivity index (χ3v) is 17.2. The Balaban J connectivity index is 1.14. The highest BCUT2D eigenvalue weighted by Crippen LogP contribution is 2.76. The topological polar surface area (TPSA) is 196 Å². The predicted octanol–water partition coefficient (Wildman–Crippen LogP) is 3.91. The Bertz CT molecular complexity index is 1460. The molecule has 0 radical (unpaired) electrons. The summed E-state index contributed by atoms with van der Waals surface area (Å²) in [4.78, 5) is 13.1. The van der Waals surface area contributed by atoms with Crippen molar-refractivity contribution in [2.45, 2.75) is 187 Å². The highest BCUT2D eigenvalue weighted by atomic mass is 16.8. The molecule has 7 aliphatic rings. The average Bonchev–Trinajstić information content (AvgIpc) is 3.10. The van der Waals surface area contributed by atoms with E-state index in [0.29, 0.717) is 5.92 Å². The second kappa shape index (κ2) is 13.7. The van der Waals surface area contributed by atoms with Gasteiger partial charge in [-0.1, -0.05) is 60.1 Å². The van der Waals surface area contributed by atoms with Crippen molar-refractivity contribution in [1.82, 2.24) is 0 Å². The molecule has 7 N–H and O–H groups in total. The number of hydrogen-bond donors (Lipinski definition) is 7. The summed E-state index contributed by atoms with van der Waals surface area (Å²) >= 11 is 0. The summed E-state index contributed by atoms with van der Waals surface area (Å²) in [6, 6.07) is 0. The van der Waals surface area contributed by atoms with E-state index in [2.05, 4.69) is 54.5 Å². The molecule has 5 aliphatic carbocycles. The number of carboxylic acid groups (broad SMARTS) is 1. The molecule has 0 aromatic rings. The Hall–Kier alpha value is -1.19. The summed E-state index contributed by atoms with van der Waals surface area (Å²) in [7, 11) is 0. The van der Waals surface area contributed by atoms with Crippen molar-refractivity contribution in [3.05, 3.63) is 11.6 Å². The molecule has 4 saturated carbocycles. The Morgan fingerprint density at radius 1 is 0.778 bits per heavy atom. The number of carboxylic acids is 1. The maximum atomic E-state index is 13.1. The lowest BCUT2D eigenvalue weighted by Gasteiger charge is -2.71. The van der Waals surface area contributed by atoms with Crippen LogP contribution in [-0.2, 0) is 23.7 Å². The molecule has 0 aromatic heterocycles. The van der Waals surface area contributed by atoms with Gasteiger partial charge in [-0.15, -0.1) is 0 Å². The lowest BCUT2D eigenvalue weighted by Crippen LogP contribution is -2.66. The maximum Gasteiger partial charge on any atom is 0.310 e. The first-order valence-electron chi connectivity index (χ1n) is 20.6. The number of aliphatic hydroxyl groups excluding tert-OH is 6. The number of fused-ring (bicyclic) bond motifs is 7. The van der Waals surface area contributed by atoms with Crippen LogP contribution in [0.1, 0.15) is 120 Å². The fourth-order valence-corrected chi connectivity index (χ4v) is 13.6. The van der Waals surface area contributed by atoms with Gasteiger partial charge in [-0.25, -0.2) is 0 Å². The molecular weight excluding hydrogens is 696 g/mol. The number of rotatable bonds is 6. The first-order valence-corrected chi connectivity index (χ1v) is 20.6. The minimum absolute atomic E-state index is 0.00482. The largest absolute Gasteiger partial charge is 0.481 e. The Labute approximate surface area is 320 Å². The van der Waals surface area contributed by atoms with E-state index < -0.39 is 79.4 Å². The van der Waals surface area contributed by atoms with Gasteiger partial charge < -0.3 is 54.7 Å². The molecule has 0 spiro atoms. The fraction of sp³-hybridized carbons (Fsp3) is 0.929. The van der Waals surface area contributed by atoms with Gasteiger partial charge in [0.1, 0.15) is 42.7 Å². The summed E-state index contributed by atoms with van der Waals surface area (Å²) < 4.78 is 24.6. The number of aliphatic carboxylic acids is 1. The van der Waals surface area contributed by atoms with Gasteiger partial charge in [-0.05, 0) is 116 Å². The molecule has 54 heavy (non-hydrogen) atoms. The van der Waals surface area contributed by atoms with Crippen molar-refractivity contribution >= 4 is 5.97 Å². The molecule has 18 atom stereocenters. The van der Waals surface area contributed by atoms with Crippen LogP contribution in [0.2, 0.25) is 0 Å². The third-order valence-electron chi connectivity index (χ3n) is 17.2. The third kappa shape index (κ3) is 5.93. The van der Waals surface area contributed by atoms with Gasteiger partial charge in [0.2, 0.25) is 0 Å². The lowest BCUT2D eigenvalue weighted by molar-refractivity contribution is -0.375. The van der Waals surface area contributed by atoms with Crippen LogP contribution in [-0.4, -0.2) is 116 Å². The van der Waals surface area contributed by atoms with Crippen LogP contribution in [0.25, 0.3) is 0 Å². The Morgan fingerprint density at radius 2 is 1.46 bits per heavy atom. The highest BCUT2D eigenvalue weighted by molar-refractivity contribution is 5.76. The molecule has 0 aromatic carbocycles. The van der Waals surface area contributed by atoms with Gasteiger partial charge in [-0.3, -0.25) is 4.79 Å². The number of allylic oxidation sites excluding steroid dienone is 2. The van der Waals surface area contributed by atoms with Crippen molar-refractivity contribution in [1.29, 1.82) is 0 Å². The number of aliphatic hydroxyl groups is 6. The zero-order valence-electron chi connectivity index (χ0n) is 33.6. The van der Waals surface area contributed by atoms with E-state index >= 15 is 0 Å². The second-order valence-electron chi connectivity index (χ2n) is 20.7. The molecule has 12 heteroatoms. The average molecular weight is 765 g/mol. The fourth-order valence-electron chi connectivity index (χ4n) is 13.6. The molecule has 0 bridgehead atoms. The first-order chi connectivity index (χ1) is 25.1. The zero-order chi connectivity index (χ0) is 39.6. The molecule has 2 aliphatic heterocycles. The van der Waals surface area contributed by atoms with Gasteiger partial charge in [0.25, 0.3) is 0 Å². The van der Waals surface area contributed by atoms with E-state index in [-0.39, 0.29) is 45.0 Å². The number of ether oxygens (including phenoxy) is 4. The van der Waals surface area contributed by atoms with Crippen LogP contribution in [0, 0.1) is 50.2 Å². The van der Waals surface area contributed by atoms with Crippen LogP contribution in [0.3, 0.4) is 0 Å². The van der Waals surface area contributed by atoms with E-state index in [1.807, 2.05) is 0 Å². The van der Waals surface area contributed by atoms with E-state index in [1.54, 1.807) is 6.92 Å². The van der Waals surface area contributed by atoms with E-state index in [1.165, 1.54) is 5.57 Å². The molecule has 2 saturated heterocycles. The van der Waals surface area contributed by atoms with Gasteiger partial charge >= 0.3 is 5.97 Å². The summed E-state index contributed by atoms with van der Waals surface area (Å²) in [6.45, 7) is 17.6. The number of hydrogen-bond acceptors (Lipinski definition) is 11.